The molecule has 0 saturated heterocycles. The number of benzene rings is 3. The third kappa shape index (κ3) is 5.27. The Labute approximate surface area is 192 Å². The second kappa shape index (κ2) is 10.1. The molecule has 3 aromatic rings. The van der Waals surface area contributed by atoms with Crippen molar-refractivity contribution in [2.45, 2.75) is 11.8 Å². The predicted octanol–water partition coefficient (Wildman–Crippen LogP) is 3.71. The van der Waals surface area contributed by atoms with E-state index >= 15 is 0 Å². The number of rotatable bonds is 8. The molecule has 0 aliphatic carbocycles. The predicted molar refractivity (Wildman–Crippen MR) is 124 cm³/mol. The topological polar surface area (TPSA) is 84.0 Å². The molecule has 9 heteroatoms. The summed E-state index contributed by atoms with van der Waals surface area (Å²) in [5.41, 5.74) is 0.717. The van der Waals surface area contributed by atoms with Gasteiger partial charge >= 0.3 is 5.97 Å². The Bertz CT molecular complexity index is 1220. The smallest absolute Gasteiger partial charge is 0.321 e. The van der Waals surface area contributed by atoms with Gasteiger partial charge in [-0.25, -0.2) is 8.42 Å². The average molecular weight is 475 g/mol. The van der Waals surface area contributed by atoms with Gasteiger partial charge in [-0.3, -0.25) is 9.59 Å². The van der Waals surface area contributed by atoms with Crippen LogP contribution in [-0.4, -0.2) is 51.3 Å². The van der Waals surface area contributed by atoms with Crippen molar-refractivity contribution in [1.29, 1.82) is 0 Å². The highest BCUT2D eigenvalue weighted by Crippen LogP contribution is 2.26. The highest BCUT2D eigenvalue weighted by atomic mass is 35.5. The molecule has 0 fully saturated rings. The number of fused-ring (bicyclic) bond motifs is 1. The van der Waals surface area contributed by atoms with Gasteiger partial charge in [-0.1, -0.05) is 48.0 Å². The molecule has 7 nitrogen and oxygen atoms in total. The van der Waals surface area contributed by atoms with Gasteiger partial charge in [-0.05, 0) is 42.6 Å². The lowest BCUT2D eigenvalue weighted by Crippen LogP contribution is -2.37. The number of sulfonamides is 1. The number of ether oxygens (including phenoxy) is 1. The molecular formula is C23H23ClN2O5S. The largest absolute Gasteiger partial charge is 0.455 e. The van der Waals surface area contributed by atoms with E-state index in [1.807, 2.05) is 49.4 Å². The molecule has 0 unspecified atom stereocenters. The fourth-order valence-electron chi connectivity index (χ4n) is 3.24. The first-order valence-electron chi connectivity index (χ1n) is 9.89. The van der Waals surface area contributed by atoms with Crippen LogP contribution in [-0.2, 0) is 24.3 Å². The van der Waals surface area contributed by atoms with Crippen LogP contribution < -0.4 is 4.90 Å². The van der Waals surface area contributed by atoms with Crippen molar-refractivity contribution in [3.63, 3.8) is 0 Å². The molecule has 0 bridgehead atoms. The molecule has 0 radical (unpaired) electrons. The number of amides is 1. The third-order valence-corrected chi connectivity index (χ3v) is 6.97. The molecule has 3 aromatic carbocycles. The van der Waals surface area contributed by atoms with Crippen LogP contribution in [0.25, 0.3) is 10.8 Å². The molecule has 0 aliphatic heterocycles. The van der Waals surface area contributed by atoms with E-state index in [-0.39, 0.29) is 4.90 Å². The maximum Gasteiger partial charge on any atom is 0.321 e. The van der Waals surface area contributed by atoms with Gasteiger partial charge < -0.3 is 9.64 Å². The van der Waals surface area contributed by atoms with Crippen LogP contribution in [0.1, 0.15) is 6.92 Å². The van der Waals surface area contributed by atoms with E-state index in [1.54, 1.807) is 0 Å². The highest BCUT2D eigenvalue weighted by Gasteiger charge is 2.24. The second-order valence-corrected chi connectivity index (χ2v) is 9.49. The lowest BCUT2D eigenvalue weighted by molar-refractivity contribution is -0.147. The summed E-state index contributed by atoms with van der Waals surface area (Å²) in [7, 11) is -2.63. The first kappa shape index (κ1) is 23.7. The Morgan fingerprint density at radius 3 is 2.31 bits per heavy atom. The van der Waals surface area contributed by atoms with Crippen LogP contribution in [0.5, 0.6) is 0 Å². The number of esters is 1. The SMILES string of the molecule is CCN(C(=O)COC(=O)CN(C)S(=O)(=O)c1ccc(Cl)cc1)c1cccc2ccccc12. The minimum Gasteiger partial charge on any atom is -0.455 e. The summed E-state index contributed by atoms with van der Waals surface area (Å²) in [5.74, 6) is -1.23. The summed E-state index contributed by atoms with van der Waals surface area (Å²) in [6.07, 6.45) is 0. The van der Waals surface area contributed by atoms with Gasteiger partial charge in [0.2, 0.25) is 10.0 Å². The van der Waals surface area contributed by atoms with Crippen molar-refractivity contribution < 1.29 is 22.7 Å². The van der Waals surface area contributed by atoms with E-state index in [0.29, 0.717) is 17.3 Å². The van der Waals surface area contributed by atoms with Crippen molar-refractivity contribution in [3.8, 4) is 0 Å². The Morgan fingerprint density at radius 1 is 0.969 bits per heavy atom. The minimum atomic E-state index is -3.90. The fraction of sp³-hybridized carbons (Fsp3) is 0.217. The van der Waals surface area contributed by atoms with Crippen molar-refractivity contribution in [2.24, 2.45) is 0 Å². The first-order chi connectivity index (χ1) is 15.2. The number of hydrogen-bond acceptors (Lipinski definition) is 5. The van der Waals surface area contributed by atoms with Gasteiger partial charge in [-0.15, -0.1) is 0 Å². The normalized spacial score (nSPS) is 11.5. The monoisotopic (exact) mass is 474 g/mol. The molecule has 0 saturated carbocycles. The molecule has 0 spiro atoms. The van der Waals surface area contributed by atoms with Gasteiger partial charge in [0.1, 0.15) is 6.54 Å². The lowest BCUT2D eigenvalue weighted by Gasteiger charge is -2.23. The minimum absolute atomic E-state index is 0.00129. The van der Waals surface area contributed by atoms with Crippen molar-refractivity contribution in [1.82, 2.24) is 4.31 Å². The maximum absolute atomic E-state index is 12.8. The maximum atomic E-state index is 12.8. The molecule has 0 atom stereocenters. The quantitative estimate of drug-likeness (QED) is 0.465. The Kier molecular flexibility index (Phi) is 7.50. The zero-order valence-corrected chi connectivity index (χ0v) is 19.3. The van der Waals surface area contributed by atoms with Crippen LogP contribution in [0.4, 0.5) is 5.69 Å². The Morgan fingerprint density at radius 2 is 1.62 bits per heavy atom. The highest BCUT2D eigenvalue weighted by molar-refractivity contribution is 7.89. The van der Waals surface area contributed by atoms with Crippen LogP contribution in [0.2, 0.25) is 5.02 Å². The number of likely N-dealkylation sites (N-methyl/N-ethyl adjacent to an activating group) is 2. The third-order valence-electron chi connectivity index (χ3n) is 4.90. The van der Waals surface area contributed by atoms with Crippen LogP contribution >= 0.6 is 11.6 Å². The molecule has 0 N–H and O–H groups in total. The molecule has 168 valence electrons. The summed E-state index contributed by atoms with van der Waals surface area (Å²) in [4.78, 5) is 26.5. The van der Waals surface area contributed by atoms with Crippen LogP contribution in [0.3, 0.4) is 0 Å². The zero-order chi connectivity index (χ0) is 23.3. The summed E-state index contributed by atoms with van der Waals surface area (Å²) in [5, 5.41) is 2.30. The van der Waals surface area contributed by atoms with E-state index in [4.69, 9.17) is 16.3 Å². The van der Waals surface area contributed by atoms with Crippen LogP contribution in [0, 0.1) is 0 Å². The van der Waals surface area contributed by atoms with Crippen LogP contribution in [0.15, 0.2) is 71.6 Å². The number of nitrogens with zero attached hydrogens (tertiary/aromatic N) is 2. The second-order valence-electron chi connectivity index (χ2n) is 7.01. The fourth-order valence-corrected chi connectivity index (χ4v) is 4.49. The van der Waals surface area contributed by atoms with Gasteiger partial charge in [-0.2, -0.15) is 4.31 Å². The standard InChI is InChI=1S/C23H23ClN2O5S/c1-3-26(21-10-6-8-17-7-4-5-9-20(17)21)22(27)16-31-23(28)15-25(2)32(29,30)19-13-11-18(24)12-14-19/h4-14H,3,15-16H2,1-2H3. The number of carbonyl (C=O) groups is 2. The van der Waals surface area contributed by atoms with Gasteiger partial charge in [0, 0.05) is 24.0 Å². The summed E-state index contributed by atoms with van der Waals surface area (Å²) >= 11 is 5.79. The van der Waals surface area contributed by atoms with E-state index in [0.717, 1.165) is 15.1 Å². The number of anilines is 1. The molecule has 3 rings (SSSR count). The van der Waals surface area contributed by atoms with E-state index in [1.165, 1.54) is 36.2 Å². The zero-order valence-electron chi connectivity index (χ0n) is 17.7. The van der Waals surface area contributed by atoms with E-state index in [9.17, 15) is 18.0 Å². The number of hydrogen-bond donors (Lipinski definition) is 0. The Hall–Kier alpha value is -2.94. The number of halogens is 1. The van der Waals surface area contributed by atoms with E-state index < -0.39 is 35.1 Å². The van der Waals surface area contributed by atoms with Crippen molar-refractivity contribution in [3.05, 3.63) is 71.8 Å². The summed E-state index contributed by atoms with van der Waals surface area (Å²) in [6.45, 7) is 1.19. The number of carbonyl (C=O) groups excluding carboxylic acids is 2. The van der Waals surface area contributed by atoms with Crippen molar-refractivity contribution in [2.75, 3.05) is 31.6 Å². The van der Waals surface area contributed by atoms with E-state index in [2.05, 4.69) is 0 Å². The molecule has 0 heterocycles. The van der Waals surface area contributed by atoms with Gasteiger partial charge in [0.15, 0.2) is 6.61 Å². The Balaban J connectivity index is 1.64. The molecule has 0 aromatic heterocycles. The molecule has 0 aliphatic rings. The molecule has 1 amide bonds. The lowest BCUT2D eigenvalue weighted by atomic mass is 10.1. The van der Waals surface area contributed by atoms with Gasteiger partial charge in [0.05, 0.1) is 10.6 Å². The van der Waals surface area contributed by atoms with Crippen molar-refractivity contribution >= 4 is 50.0 Å². The van der Waals surface area contributed by atoms with Gasteiger partial charge in [0.25, 0.3) is 5.91 Å². The summed E-state index contributed by atoms with van der Waals surface area (Å²) in [6, 6.07) is 18.9. The average Bonchev–Trinajstić information content (AvgIpc) is 2.78. The summed E-state index contributed by atoms with van der Waals surface area (Å²) < 4.78 is 31.1. The molecular weight excluding hydrogens is 452 g/mol. The first-order valence-corrected chi connectivity index (χ1v) is 11.7. The molecule has 32 heavy (non-hydrogen) atoms.